The topological polar surface area (TPSA) is 64.8 Å². The second-order valence-corrected chi connectivity index (χ2v) is 4.54. The zero-order valence-corrected chi connectivity index (χ0v) is 9.61. The van der Waals surface area contributed by atoms with Gasteiger partial charge in [-0.2, -0.15) is 0 Å². The van der Waals surface area contributed by atoms with Gasteiger partial charge in [-0.3, -0.25) is 9.63 Å². The van der Waals surface area contributed by atoms with Gasteiger partial charge in [-0.25, -0.2) is 5.06 Å². The van der Waals surface area contributed by atoms with Gasteiger partial charge in [-0.05, 0) is 25.7 Å². The molecule has 5 nitrogen and oxygen atoms in total. The first-order valence-corrected chi connectivity index (χ1v) is 6.01. The summed E-state index contributed by atoms with van der Waals surface area (Å²) < 4.78 is 5.30. The summed E-state index contributed by atoms with van der Waals surface area (Å²) in [5.74, 6) is 0.0537. The summed E-state index contributed by atoms with van der Waals surface area (Å²) >= 11 is 0. The van der Waals surface area contributed by atoms with Gasteiger partial charge >= 0.3 is 0 Å². The Morgan fingerprint density at radius 1 is 1.25 bits per heavy atom. The quantitative estimate of drug-likeness (QED) is 0.738. The molecule has 0 bridgehead atoms. The van der Waals surface area contributed by atoms with Gasteiger partial charge in [0.1, 0.15) is 0 Å². The van der Waals surface area contributed by atoms with Crippen LogP contribution in [0, 0.1) is 5.41 Å². The normalized spacial score (nSPS) is 25.4. The number of hydrogen-bond acceptors (Lipinski definition) is 4. The summed E-state index contributed by atoms with van der Waals surface area (Å²) in [5.41, 5.74) is 5.34. The monoisotopic (exact) mass is 228 g/mol. The number of hydrogen-bond donors (Lipinski definition) is 1. The van der Waals surface area contributed by atoms with E-state index >= 15 is 0 Å². The van der Waals surface area contributed by atoms with Crippen molar-refractivity contribution in [3.63, 3.8) is 0 Å². The lowest BCUT2D eigenvalue weighted by molar-refractivity contribution is -0.210. The van der Waals surface area contributed by atoms with E-state index in [9.17, 15) is 4.79 Å². The maximum absolute atomic E-state index is 12.4. The molecule has 0 aromatic rings. The Bertz CT molecular complexity index is 246. The van der Waals surface area contributed by atoms with Crippen molar-refractivity contribution in [2.24, 2.45) is 11.1 Å². The Morgan fingerprint density at radius 3 is 2.56 bits per heavy atom. The zero-order valence-electron chi connectivity index (χ0n) is 9.61. The Labute approximate surface area is 95.8 Å². The lowest BCUT2D eigenvalue weighted by atomic mass is 9.79. The number of nitrogens with two attached hydrogens (primary N) is 1. The van der Waals surface area contributed by atoms with Crippen LogP contribution in [0.25, 0.3) is 0 Å². The van der Waals surface area contributed by atoms with Crippen molar-refractivity contribution < 1.29 is 14.4 Å². The highest BCUT2D eigenvalue weighted by molar-refractivity contribution is 5.82. The minimum Gasteiger partial charge on any atom is -0.381 e. The van der Waals surface area contributed by atoms with Crippen LogP contribution < -0.4 is 5.73 Å². The molecule has 2 aliphatic heterocycles. The first-order valence-electron chi connectivity index (χ1n) is 6.01. The van der Waals surface area contributed by atoms with Crippen LogP contribution in [0.5, 0.6) is 0 Å². The van der Waals surface area contributed by atoms with Crippen molar-refractivity contribution in [1.29, 1.82) is 0 Å². The minimum atomic E-state index is -0.449. The number of rotatable bonds is 2. The van der Waals surface area contributed by atoms with Crippen LogP contribution in [0.15, 0.2) is 0 Å². The van der Waals surface area contributed by atoms with Crippen molar-refractivity contribution in [2.45, 2.75) is 25.7 Å². The summed E-state index contributed by atoms with van der Waals surface area (Å²) in [5, 5.41) is 1.52. The molecule has 0 radical (unpaired) electrons. The van der Waals surface area contributed by atoms with E-state index in [1.165, 1.54) is 5.06 Å². The molecule has 2 N–H and O–H groups in total. The summed E-state index contributed by atoms with van der Waals surface area (Å²) in [7, 11) is 0. The summed E-state index contributed by atoms with van der Waals surface area (Å²) in [6.45, 7) is 2.97. The van der Waals surface area contributed by atoms with E-state index in [-0.39, 0.29) is 5.91 Å². The third-order valence-electron chi connectivity index (χ3n) is 3.52. The van der Waals surface area contributed by atoms with Crippen LogP contribution in [0.2, 0.25) is 0 Å². The standard InChI is InChI=1S/C11H20N2O3/c12-9-11(3-7-15-8-4-11)10(14)13-5-1-2-6-16-13/h1-9,12H2. The lowest BCUT2D eigenvalue weighted by Crippen LogP contribution is -2.51. The largest absolute Gasteiger partial charge is 0.381 e. The average molecular weight is 228 g/mol. The highest BCUT2D eigenvalue weighted by Crippen LogP contribution is 2.32. The smallest absolute Gasteiger partial charge is 0.253 e. The van der Waals surface area contributed by atoms with Crippen LogP contribution in [0.1, 0.15) is 25.7 Å². The van der Waals surface area contributed by atoms with Gasteiger partial charge in [0.05, 0.1) is 12.0 Å². The number of amides is 1. The number of carbonyl (C=O) groups excluding carboxylic acids is 1. The molecule has 0 spiro atoms. The van der Waals surface area contributed by atoms with Crippen molar-refractivity contribution in [3.8, 4) is 0 Å². The molecular formula is C11H20N2O3. The average Bonchev–Trinajstić information content (AvgIpc) is 2.39. The number of hydroxylamine groups is 2. The van der Waals surface area contributed by atoms with E-state index in [2.05, 4.69) is 0 Å². The number of ether oxygens (including phenoxy) is 1. The second-order valence-electron chi connectivity index (χ2n) is 4.54. The third-order valence-corrected chi connectivity index (χ3v) is 3.52. The van der Waals surface area contributed by atoms with E-state index in [0.717, 1.165) is 12.8 Å². The van der Waals surface area contributed by atoms with Gasteiger partial charge in [0.15, 0.2) is 0 Å². The highest BCUT2D eigenvalue weighted by atomic mass is 16.7. The second kappa shape index (κ2) is 5.12. The van der Waals surface area contributed by atoms with Crippen LogP contribution in [-0.2, 0) is 14.4 Å². The molecule has 2 aliphatic rings. The fourth-order valence-corrected chi connectivity index (χ4v) is 2.29. The van der Waals surface area contributed by atoms with Gasteiger partial charge in [-0.15, -0.1) is 0 Å². The van der Waals surface area contributed by atoms with Gasteiger partial charge < -0.3 is 10.5 Å². The van der Waals surface area contributed by atoms with E-state index in [4.69, 9.17) is 15.3 Å². The molecule has 2 saturated heterocycles. The maximum atomic E-state index is 12.4. The van der Waals surface area contributed by atoms with E-state index in [1.807, 2.05) is 0 Å². The highest BCUT2D eigenvalue weighted by Gasteiger charge is 2.42. The fourth-order valence-electron chi connectivity index (χ4n) is 2.29. The summed E-state index contributed by atoms with van der Waals surface area (Å²) in [4.78, 5) is 17.8. The summed E-state index contributed by atoms with van der Waals surface area (Å²) in [6, 6.07) is 0. The third kappa shape index (κ3) is 2.21. The van der Waals surface area contributed by atoms with E-state index in [1.54, 1.807) is 0 Å². The fraction of sp³-hybridized carbons (Fsp3) is 0.909. The Hall–Kier alpha value is -0.650. The molecular weight excluding hydrogens is 208 g/mol. The number of nitrogens with zero attached hydrogens (tertiary/aromatic N) is 1. The van der Waals surface area contributed by atoms with Crippen molar-refractivity contribution in [2.75, 3.05) is 32.9 Å². The first kappa shape index (κ1) is 11.8. The van der Waals surface area contributed by atoms with Crippen LogP contribution in [0.4, 0.5) is 0 Å². The van der Waals surface area contributed by atoms with E-state index in [0.29, 0.717) is 45.8 Å². The van der Waals surface area contributed by atoms with Gasteiger partial charge in [0, 0.05) is 26.3 Å². The Kier molecular flexibility index (Phi) is 3.78. The first-order chi connectivity index (χ1) is 7.78. The van der Waals surface area contributed by atoms with Crippen LogP contribution in [0.3, 0.4) is 0 Å². The predicted octanol–water partition coefficient (Wildman–Crippen LogP) is 0.296. The van der Waals surface area contributed by atoms with Crippen molar-refractivity contribution >= 4 is 5.91 Å². The molecule has 0 aromatic heterocycles. The molecule has 16 heavy (non-hydrogen) atoms. The predicted molar refractivity (Wildman–Crippen MR) is 58.4 cm³/mol. The van der Waals surface area contributed by atoms with Crippen molar-refractivity contribution in [1.82, 2.24) is 5.06 Å². The van der Waals surface area contributed by atoms with Gasteiger partial charge in [0.25, 0.3) is 5.91 Å². The molecule has 0 aliphatic carbocycles. The molecule has 2 fully saturated rings. The van der Waals surface area contributed by atoms with Crippen molar-refractivity contribution in [3.05, 3.63) is 0 Å². The molecule has 0 unspecified atom stereocenters. The molecule has 0 atom stereocenters. The Balaban J connectivity index is 2.04. The minimum absolute atomic E-state index is 0.0537. The molecule has 2 rings (SSSR count). The maximum Gasteiger partial charge on any atom is 0.253 e. The van der Waals surface area contributed by atoms with Gasteiger partial charge in [0.2, 0.25) is 0 Å². The van der Waals surface area contributed by atoms with Crippen LogP contribution >= 0.6 is 0 Å². The molecule has 0 saturated carbocycles. The molecule has 2 heterocycles. The molecule has 0 aromatic carbocycles. The SMILES string of the molecule is NCC1(C(=O)N2CCCCO2)CCOCC1. The molecule has 1 amide bonds. The summed E-state index contributed by atoms with van der Waals surface area (Å²) in [6.07, 6.45) is 3.47. The van der Waals surface area contributed by atoms with Crippen LogP contribution in [-0.4, -0.2) is 43.9 Å². The Morgan fingerprint density at radius 2 is 2.00 bits per heavy atom. The van der Waals surface area contributed by atoms with Gasteiger partial charge in [-0.1, -0.05) is 0 Å². The zero-order chi connectivity index (χ0) is 11.4. The molecule has 5 heteroatoms. The lowest BCUT2D eigenvalue weighted by Gasteiger charge is -2.39. The molecule has 92 valence electrons. The van der Waals surface area contributed by atoms with E-state index < -0.39 is 5.41 Å². The number of carbonyl (C=O) groups is 1.